The van der Waals surface area contributed by atoms with Crippen molar-refractivity contribution in [2.75, 3.05) is 18.0 Å². The van der Waals surface area contributed by atoms with Crippen LogP contribution in [-0.2, 0) is 4.79 Å². The van der Waals surface area contributed by atoms with Crippen LogP contribution in [0.25, 0.3) is 0 Å². The van der Waals surface area contributed by atoms with Gasteiger partial charge in [0.15, 0.2) is 0 Å². The molecule has 1 amide bonds. The third-order valence-electron chi connectivity index (χ3n) is 3.11. The minimum Gasteiger partial charge on any atom is -0.369 e. The van der Waals surface area contributed by atoms with Crippen LogP contribution in [0.1, 0.15) is 12.8 Å². The van der Waals surface area contributed by atoms with Crippen LogP contribution in [0.3, 0.4) is 0 Å². The van der Waals surface area contributed by atoms with E-state index in [1.165, 1.54) is 0 Å². The number of primary amides is 1. The highest BCUT2D eigenvalue weighted by Crippen LogP contribution is 2.29. The first kappa shape index (κ1) is 13.6. The summed E-state index contributed by atoms with van der Waals surface area (Å²) in [5, 5.41) is 0. The fourth-order valence-electron chi connectivity index (χ4n) is 2.17. The lowest BCUT2D eigenvalue weighted by molar-refractivity contribution is -0.122. The second kappa shape index (κ2) is 5.02. The van der Waals surface area contributed by atoms with E-state index in [2.05, 4.69) is 4.98 Å². The van der Waals surface area contributed by atoms with Gasteiger partial charge in [-0.3, -0.25) is 4.79 Å². The molecule has 4 nitrogen and oxygen atoms in total. The monoisotopic (exact) mass is 277 g/mol. The summed E-state index contributed by atoms with van der Waals surface area (Å²) < 4.78 is 53.1. The van der Waals surface area contributed by atoms with Gasteiger partial charge < -0.3 is 10.6 Å². The first-order valence-corrected chi connectivity index (χ1v) is 5.66. The Labute approximate surface area is 106 Å². The van der Waals surface area contributed by atoms with Gasteiger partial charge in [-0.15, -0.1) is 0 Å². The van der Waals surface area contributed by atoms with Crippen LogP contribution in [0.4, 0.5) is 23.2 Å². The van der Waals surface area contributed by atoms with Crippen molar-refractivity contribution in [1.29, 1.82) is 0 Å². The number of rotatable bonds is 2. The number of piperidine rings is 1. The Bertz CT molecular complexity index is 497. The molecule has 1 aliphatic rings. The van der Waals surface area contributed by atoms with Gasteiger partial charge in [-0.2, -0.15) is 22.5 Å². The lowest BCUT2D eigenvalue weighted by Crippen LogP contribution is -2.42. The minimum atomic E-state index is -1.71. The number of halogens is 4. The van der Waals surface area contributed by atoms with Gasteiger partial charge in [0.25, 0.3) is 11.9 Å². The predicted octanol–water partition coefficient (Wildman–Crippen LogP) is 1.34. The number of hydrogen-bond donors (Lipinski definition) is 1. The standard InChI is InChI=1S/C11H11F4N3O/c12-6-8(7(13)10(15)17-9(6)14)18-3-1-2-5(4-18)11(16)19/h5H,1-4H2,(H2,16,19). The molecule has 1 fully saturated rings. The Kier molecular flexibility index (Phi) is 3.59. The molecule has 1 atom stereocenters. The third kappa shape index (κ3) is 2.47. The van der Waals surface area contributed by atoms with Gasteiger partial charge in [0.1, 0.15) is 5.69 Å². The highest BCUT2D eigenvalue weighted by Gasteiger charge is 2.30. The third-order valence-corrected chi connectivity index (χ3v) is 3.11. The zero-order valence-corrected chi connectivity index (χ0v) is 9.80. The molecule has 2 heterocycles. The second-order valence-electron chi connectivity index (χ2n) is 4.36. The van der Waals surface area contributed by atoms with Crippen LogP contribution in [0.15, 0.2) is 0 Å². The Morgan fingerprint density at radius 2 is 1.79 bits per heavy atom. The second-order valence-corrected chi connectivity index (χ2v) is 4.36. The maximum absolute atomic E-state index is 13.6. The van der Waals surface area contributed by atoms with Crippen molar-refractivity contribution < 1.29 is 22.4 Å². The summed E-state index contributed by atoms with van der Waals surface area (Å²) in [6, 6.07) is 0. The summed E-state index contributed by atoms with van der Waals surface area (Å²) in [5.74, 6) is -7.77. The average Bonchev–Trinajstić information content (AvgIpc) is 2.37. The maximum atomic E-state index is 13.6. The summed E-state index contributed by atoms with van der Waals surface area (Å²) in [5.41, 5.74) is 4.29. The van der Waals surface area contributed by atoms with E-state index in [0.717, 1.165) is 4.90 Å². The number of aromatic nitrogens is 1. The molecule has 0 aromatic carbocycles. The zero-order chi connectivity index (χ0) is 14.2. The fourth-order valence-corrected chi connectivity index (χ4v) is 2.17. The average molecular weight is 277 g/mol. The van der Waals surface area contributed by atoms with Gasteiger partial charge >= 0.3 is 0 Å². The lowest BCUT2D eigenvalue weighted by atomic mass is 9.97. The molecule has 0 bridgehead atoms. The normalized spacial score (nSPS) is 19.6. The molecule has 2 rings (SSSR count). The number of hydrogen-bond acceptors (Lipinski definition) is 3. The van der Waals surface area contributed by atoms with Crippen LogP contribution in [0, 0.1) is 29.4 Å². The molecule has 1 saturated heterocycles. The Balaban J connectivity index is 2.39. The van der Waals surface area contributed by atoms with E-state index in [-0.39, 0.29) is 13.1 Å². The van der Waals surface area contributed by atoms with Crippen molar-refractivity contribution in [3.05, 3.63) is 23.5 Å². The largest absolute Gasteiger partial charge is 0.369 e. The minimum absolute atomic E-state index is 0.0773. The summed E-state index contributed by atoms with van der Waals surface area (Å²) in [4.78, 5) is 14.6. The van der Waals surface area contributed by atoms with E-state index < -0.39 is 41.0 Å². The Hall–Kier alpha value is -1.86. The van der Waals surface area contributed by atoms with Crippen molar-refractivity contribution in [3.8, 4) is 0 Å². The van der Waals surface area contributed by atoms with E-state index in [1.807, 2.05) is 0 Å². The number of nitrogens with zero attached hydrogens (tertiary/aromatic N) is 2. The summed E-state index contributed by atoms with van der Waals surface area (Å²) in [7, 11) is 0. The van der Waals surface area contributed by atoms with Crippen LogP contribution in [0.5, 0.6) is 0 Å². The van der Waals surface area contributed by atoms with E-state index in [4.69, 9.17) is 5.73 Å². The quantitative estimate of drug-likeness (QED) is 0.655. The molecular weight excluding hydrogens is 266 g/mol. The number of carbonyl (C=O) groups excluding carboxylic acids is 1. The Morgan fingerprint density at radius 3 is 2.32 bits per heavy atom. The maximum Gasteiger partial charge on any atom is 0.253 e. The van der Waals surface area contributed by atoms with Gasteiger partial charge in [0.05, 0.1) is 5.92 Å². The lowest BCUT2D eigenvalue weighted by Gasteiger charge is -2.33. The molecule has 2 N–H and O–H groups in total. The molecule has 104 valence electrons. The molecule has 1 aromatic rings. The summed E-state index contributed by atoms with van der Waals surface area (Å²) in [6.07, 6.45) is 0.920. The van der Waals surface area contributed by atoms with E-state index in [9.17, 15) is 22.4 Å². The van der Waals surface area contributed by atoms with E-state index >= 15 is 0 Å². The zero-order valence-electron chi connectivity index (χ0n) is 9.80. The number of anilines is 1. The SMILES string of the molecule is NC(=O)C1CCCN(c2c(F)c(F)nc(F)c2F)C1. The highest BCUT2D eigenvalue weighted by atomic mass is 19.2. The molecule has 8 heteroatoms. The molecule has 1 aromatic heterocycles. The first-order valence-electron chi connectivity index (χ1n) is 5.66. The van der Waals surface area contributed by atoms with Crippen LogP contribution in [0.2, 0.25) is 0 Å². The molecule has 1 aliphatic heterocycles. The number of amides is 1. The van der Waals surface area contributed by atoms with Gasteiger partial charge in [-0.25, -0.2) is 0 Å². The molecule has 0 radical (unpaired) electrons. The van der Waals surface area contributed by atoms with Crippen LogP contribution in [-0.4, -0.2) is 24.0 Å². The van der Waals surface area contributed by atoms with Crippen molar-refractivity contribution in [2.45, 2.75) is 12.8 Å². The van der Waals surface area contributed by atoms with Gasteiger partial charge in [-0.05, 0) is 12.8 Å². The number of nitrogens with two attached hydrogens (primary N) is 1. The summed E-state index contributed by atoms with van der Waals surface area (Å²) >= 11 is 0. The first-order chi connectivity index (χ1) is 8.91. The molecule has 0 aliphatic carbocycles. The molecule has 1 unspecified atom stereocenters. The van der Waals surface area contributed by atoms with Gasteiger partial charge in [0, 0.05) is 13.1 Å². The highest BCUT2D eigenvalue weighted by molar-refractivity contribution is 5.77. The van der Waals surface area contributed by atoms with Gasteiger partial charge in [-0.1, -0.05) is 0 Å². The molecule has 0 spiro atoms. The number of pyridine rings is 1. The molecule has 19 heavy (non-hydrogen) atoms. The predicted molar refractivity (Wildman–Crippen MR) is 58.2 cm³/mol. The summed E-state index contributed by atoms with van der Waals surface area (Å²) in [6.45, 7) is 0.104. The van der Waals surface area contributed by atoms with Crippen LogP contribution >= 0.6 is 0 Å². The molecule has 0 saturated carbocycles. The fraction of sp³-hybridized carbons (Fsp3) is 0.455. The van der Waals surface area contributed by atoms with Crippen molar-refractivity contribution in [2.24, 2.45) is 11.7 Å². The van der Waals surface area contributed by atoms with E-state index in [1.54, 1.807) is 0 Å². The number of carbonyl (C=O) groups is 1. The van der Waals surface area contributed by atoms with Crippen molar-refractivity contribution in [3.63, 3.8) is 0 Å². The Morgan fingerprint density at radius 1 is 1.21 bits per heavy atom. The van der Waals surface area contributed by atoms with Crippen molar-refractivity contribution >= 4 is 11.6 Å². The molecular formula is C11H11F4N3O. The van der Waals surface area contributed by atoms with Gasteiger partial charge in [0.2, 0.25) is 17.5 Å². The topological polar surface area (TPSA) is 59.2 Å². The smallest absolute Gasteiger partial charge is 0.253 e. The van der Waals surface area contributed by atoms with Crippen molar-refractivity contribution in [1.82, 2.24) is 4.98 Å². The van der Waals surface area contributed by atoms with E-state index in [0.29, 0.717) is 12.8 Å². The van der Waals surface area contributed by atoms with Crippen LogP contribution < -0.4 is 10.6 Å².